The van der Waals surface area contributed by atoms with Crippen LogP contribution in [0.15, 0.2) is 40.9 Å². The molecule has 0 atom stereocenters. The molecule has 2 rings (SSSR count). The summed E-state index contributed by atoms with van der Waals surface area (Å²) in [5.41, 5.74) is 0.785. The lowest BCUT2D eigenvalue weighted by atomic mass is 10.2. The van der Waals surface area contributed by atoms with Gasteiger partial charge in [0.1, 0.15) is 12.4 Å². The zero-order valence-corrected chi connectivity index (χ0v) is 13.1. The van der Waals surface area contributed by atoms with E-state index in [-0.39, 0.29) is 12.3 Å². The maximum Gasteiger partial charge on any atom is 0.270 e. The van der Waals surface area contributed by atoms with Gasteiger partial charge < -0.3 is 4.74 Å². The SMILES string of the molecule is O=[N+]([O-])c1ccc(COc2cc(Cl)ccc2Cl)c(Br)c1. The lowest BCUT2D eigenvalue weighted by Crippen LogP contribution is -1.98. The number of nitro groups is 1. The third kappa shape index (κ3) is 3.62. The molecule has 0 amide bonds. The van der Waals surface area contributed by atoms with Gasteiger partial charge in [0.25, 0.3) is 5.69 Å². The zero-order valence-electron chi connectivity index (χ0n) is 9.98. The zero-order chi connectivity index (χ0) is 14.7. The summed E-state index contributed by atoms with van der Waals surface area (Å²) in [5.74, 6) is 0.462. The monoisotopic (exact) mass is 375 g/mol. The number of benzene rings is 2. The summed E-state index contributed by atoms with van der Waals surface area (Å²) in [7, 11) is 0. The third-order valence-electron chi connectivity index (χ3n) is 2.52. The molecule has 0 heterocycles. The van der Waals surface area contributed by atoms with E-state index in [1.165, 1.54) is 12.1 Å². The van der Waals surface area contributed by atoms with Crippen LogP contribution in [0.2, 0.25) is 10.0 Å². The van der Waals surface area contributed by atoms with Crippen molar-refractivity contribution in [1.29, 1.82) is 0 Å². The number of hydrogen-bond donors (Lipinski definition) is 0. The first-order valence-electron chi connectivity index (χ1n) is 5.48. The molecule has 4 nitrogen and oxygen atoms in total. The van der Waals surface area contributed by atoms with Gasteiger partial charge in [-0.05, 0) is 18.2 Å². The Morgan fingerprint density at radius 3 is 2.60 bits per heavy atom. The number of nitrogens with zero attached hydrogens (tertiary/aromatic N) is 1. The Balaban J connectivity index is 2.15. The lowest BCUT2D eigenvalue weighted by molar-refractivity contribution is -0.384. The summed E-state index contributed by atoms with van der Waals surface area (Å²) >= 11 is 15.1. The van der Waals surface area contributed by atoms with Crippen molar-refractivity contribution >= 4 is 44.8 Å². The van der Waals surface area contributed by atoms with Crippen molar-refractivity contribution in [1.82, 2.24) is 0 Å². The molecule has 0 spiro atoms. The van der Waals surface area contributed by atoms with Crippen LogP contribution in [0.5, 0.6) is 5.75 Å². The molecule has 0 aliphatic rings. The highest BCUT2D eigenvalue weighted by Gasteiger charge is 2.10. The topological polar surface area (TPSA) is 52.4 Å². The van der Waals surface area contributed by atoms with Gasteiger partial charge in [0.15, 0.2) is 0 Å². The van der Waals surface area contributed by atoms with Crippen molar-refractivity contribution in [2.75, 3.05) is 0 Å². The second kappa shape index (κ2) is 6.43. The van der Waals surface area contributed by atoms with Crippen LogP contribution in [-0.2, 0) is 6.61 Å². The Morgan fingerprint density at radius 1 is 1.20 bits per heavy atom. The minimum absolute atomic E-state index is 0.0152. The van der Waals surface area contributed by atoms with Gasteiger partial charge in [-0.25, -0.2) is 0 Å². The molecule has 0 saturated carbocycles. The van der Waals surface area contributed by atoms with Gasteiger partial charge in [-0.2, -0.15) is 0 Å². The van der Waals surface area contributed by atoms with Crippen LogP contribution in [0.25, 0.3) is 0 Å². The van der Waals surface area contributed by atoms with Crippen LogP contribution in [0, 0.1) is 10.1 Å². The number of non-ortho nitro benzene ring substituents is 1. The first-order chi connectivity index (χ1) is 9.47. The number of hydrogen-bond acceptors (Lipinski definition) is 3. The standard InChI is InChI=1S/C13H8BrCl2NO3/c14-11-6-10(17(18)19)3-1-8(11)7-20-13-5-9(15)2-4-12(13)16/h1-6H,7H2. The van der Waals surface area contributed by atoms with Crippen molar-refractivity contribution in [3.8, 4) is 5.75 Å². The number of rotatable bonds is 4. The van der Waals surface area contributed by atoms with Crippen molar-refractivity contribution in [3.05, 3.63) is 66.6 Å². The molecule has 0 fully saturated rings. The summed E-state index contributed by atoms with van der Waals surface area (Å²) in [6, 6.07) is 9.40. The normalized spacial score (nSPS) is 10.3. The molecule has 0 aliphatic carbocycles. The Bertz CT molecular complexity index is 664. The smallest absolute Gasteiger partial charge is 0.270 e. The fourth-order valence-electron chi connectivity index (χ4n) is 1.51. The molecular weight excluding hydrogens is 369 g/mol. The quantitative estimate of drug-likeness (QED) is 0.541. The first-order valence-corrected chi connectivity index (χ1v) is 7.03. The van der Waals surface area contributed by atoms with E-state index >= 15 is 0 Å². The van der Waals surface area contributed by atoms with E-state index < -0.39 is 4.92 Å². The molecule has 0 bridgehead atoms. The van der Waals surface area contributed by atoms with E-state index in [1.54, 1.807) is 24.3 Å². The van der Waals surface area contributed by atoms with Crippen molar-refractivity contribution in [2.45, 2.75) is 6.61 Å². The highest BCUT2D eigenvalue weighted by molar-refractivity contribution is 9.10. The maximum absolute atomic E-state index is 10.6. The summed E-state index contributed by atoms with van der Waals surface area (Å²) in [5, 5.41) is 11.6. The molecule has 2 aromatic rings. The lowest BCUT2D eigenvalue weighted by Gasteiger charge is -2.09. The second-order valence-electron chi connectivity index (χ2n) is 3.90. The summed E-state index contributed by atoms with van der Waals surface area (Å²) < 4.78 is 6.17. The van der Waals surface area contributed by atoms with Gasteiger partial charge in [0.05, 0.1) is 9.95 Å². The van der Waals surface area contributed by atoms with Crippen LogP contribution < -0.4 is 4.74 Å². The van der Waals surface area contributed by atoms with E-state index in [0.29, 0.717) is 20.3 Å². The van der Waals surface area contributed by atoms with E-state index in [9.17, 15) is 10.1 Å². The van der Waals surface area contributed by atoms with Crippen LogP contribution in [0.3, 0.4) is 0 Å². The van der Waals surface area contributed by atoms with Gasteiger partial charge in [-0.1, -0.05) is 39.1 Å². The van der Waals surface area contributed by atoms with Crippen LogP contribution in [0.1, 0.15) is 5.56 Å². The molecule has 7 heteroatoms. The van der Waals surface area contributed by atoms with E-state index in [4.69, 9.17) is 27.9 Å². The van der Waals surface area contributed by atoms with Crippen molar-refractivity contribution < 1.29 is 9.66 Å². The Morgan fingerprint density at radius 2 is 1.95 bits per heavy atom. The van der Waals surface area contributed by atoms with Crippen LogP contribution >= 0.6 is 39.1 Å². The molecule has 0 saturated heterocycles. The fraction of sp³-hybridized carbons (Fsp3) is 0.0769. The van der Waals surface area contributed by atoms with Crippen LogP contribution in [-0.4, -0.2) is 4.92 Å². The van der Waals surface area contributed by atoms with Gasteiger partial charge in [-0.3, -0.25) is 10.1 Å². The van der Waals surface area contributed by atoms with E-state index in [2.05, 4.69) is 15.9 Å². The van der Waals surface area contributed by atoms with Gasteiger partial charge >= 0.3 is 0 Å². The molecule has 104 valence electrons. The predicted octanol–water partition coefficient (Wildman–Crippen LogP) is 5.24. The minimum Gasteiger partial charge on any atom is -0.487 e. The minimum atomic E-state index is -0.455. The summed E-state index contributed by atoms with van der Waals surface area (Å²) in [4.78, 5) is 10.2. The average Bonchev–Trinajstić information content (AvgIpc) is 2.40. The van der Waals surface area contributed by atoms with Crippen molar-refractivity contribution in [2.24, 2.45) is 0 Å². The molecule has 0 radical (unpaired) electrons. The van der Waals surface area contributed by atoms with Gasteiger partial charge in [-0.15, -0.1) is 0 Å². The number of nitro benzene ring substituents is 1. The molecule has 0 aromatic heterocycles. The first kappa shape index (κ1) is 15.1. The Kier molecular flexibility index (Phi) is 4.86. The molecule has 0 unspecified atom stereocenters. The van der Waals surface area contributed by atoms with E-state index in [1.807, 2.05) is 0 Å². The van der Waals surface area contributed by atoms with Crippen LogP contribution in [0.4, 0.5) is 5.69 Å². The summed E-state index contributed by atoms with van der Waals surface area (Å²) in [6.45, 7) is 0.221. The molecule has 20 heavy (non-hydrogen) atoms. The molecule has 0 N–H and O–H groups in total. The Labute approximate surface area is 133 Å². The molecular formula is C13H8BrCl2NO3. The maximum atomic E-state index is 10.6. The van der Waals surface area contributed by atoms with Gasteiger partial charge in [0, 0.05) is 33.3 Å². The molecule has 2 aromatic carbocycles. The summed E-state index contributed by atoms with van der Waals surface area (Å²) in [6.07, 6.45) is 0. The van der Waals surface area contributed by atoms with Crippen molar-refractivity contribution in [3.63, 3.8) is 0 Å². The second-order valence-corrected chi connectivity index (χ2v) is 5.59. The highest BCUT2D eigenvalue weighted by atomic mass is 79.9. The predicted molar refractivity (Wildman–Crippen MR) is 81.6 cm³/mol. The van der Waals surface area contributed by atoms with Gasteiger partial charge in [0.2, 0.25) is 0 Å². The fourth-order valence-corrected chi connectivity index (χ4v) is 2.33. The van der Waals surface area contributed by atoms with E-state index in [0.717, 1.165) is 5.56 Å². The highest BCUT2D eigenvalue weighted by Crippen LogP contribution is 2.30. The number of halogens is 3. The number of ether oxygens (including phenoxy) is 1. The third-order valence-corrected chi connectivity index (χ3v) is 3.81. The Hall–Kier alpha value is -1.30. The average molecular weight is 377 g/mol. The molecule has 0 aliphatic heterocycles. The largest absolute Gasteiger partial charge is 0.487 e.